The number of halogens is 2. The van der Waals surface area contributed by atoms with Gasteiger partial charge in [0.1, 0.15) is 35.8 Å². The molecular weight excluding hydrogens is 818 g/mol. The first-order valence-electron chi connectivity index (χ1n) is 19.5. The Morgan fingerprint density at radius 1 is 1.14 bits per heavy atom. The van der Waals surface area contributed by atoms with Crippen molar-refractivity contribution >= 4 is 45.3 Å². The van der Waals surface area contributed by atoms with E-state index < -0.39 is 59.4 Å². The number of allylic oxidation sites excluding steroid dienone is 2. The molecule has 3 aliphatic rings. The number of epoxide rings is 2. The van der Waals surface area contributed by atoms with E-state index in [9.17, 15) is 24.6 Å². The van der Waals surface area contributed by atoms with Gasteiger partial charge in [-0.15, -0.1) is 0 Å². The second-order valence-corrected chi connectivity index (χ2v) is 17.6. The summed E-state index contributed by atoms with van der Waals surface area (Å²) in [6.07, 6.45) is 5.12. The van der Waals surface area contributed by atoms with Crippen LogP contribution in [0.15, 0.2) is 70.7 Å². The van der Waals surface area contributed by atoms with Gasteiger partial charge in [0.15, 0.2) is 6.04 Å². The molecule has 312 valence electrons. The van der Waals surface area contributed by atoms with Crippen LogP contribution >= 0.6 is 27.5 Å². The van der Waals surface area contributed by atoms with E-state index in [1.54, 1.807) is 13.2 Å². The van der Waals surface area contributed by atoms with E-state index in [4.69, 9.17) is 30.5 Å². The van der Waals surface area contributed by atoms with Crippen molar-refractivity contribution in [3.63, 3.8) is 0 Å². The molecule has 2 aromatic rings. The lowest BCUT2D eigenvalue weighted by atomic mass is 9.93. The zero-order valence-electron chi connectivity index (χ0n) is 34.1. The van der Waals surface area contributed by atoms with Crippen LogP contribution in [-0.4, -0.2) is 101 Å². The smallest absolute Gasteiger partial charge is 0.332 e. The molecule has 3 aliphatic heterocycles. The average Bonchev–Trinajstić information content (AvgIpc) is 4.09. The molecule has 2 fully saturated rings. The topological polar surface area (TPSA) is 162 Å². The molecule has 5 rings (SSSR count). The number of benzene rings is 2. The summed E-state index contributed by atoms with van der Waals surface area (Å²) in [5, 5.41) is 27.4. The van der Waals surface area contributed by atoms with Crippen LogP contribution in [0.1, 0.15) is 78.5 Å². The average molecular weight is 875 g/mol. The fourth-order valence-corrected chi connectivity index (χ4v) is 8.50. The van der Waals surface area contributed by atoms with Crippen molar-refractivity contribution < 1.29 is 43.5 Å². The van der Waals surface area contributed by atoms with Crippen LogP contribution in [0.4, 0.5) is 0 Å². The number of carbonyl (C=O) groups excluding carboxylic acids is 3. The van der Waals surface area contributed by atoms with Crippen molar-refractivity contribution in [3.8, 4) is 5.75 Å². The van der Waals surface area contributed by atoms with Crippen LogP contribution < -0.4 is 10.6 Å². The van der Waals surface area contributed by atoms with Gasteiger partial charge in [-0.1, -0.05) is 87.4 Å². The van der Waals surface area contributed by atoms with Crippen molar-refractivity contribution in [1.82, 2.24) is 15.5 Å². The number of carbonyl (C=O) groups is 3. The molecular formula is C43H57BrClN3O9. The second kappa shape index (κ2) is 18.3. The van der Waals surface area contributed by atoms with E-state index in [2.05, 4.69) is 26.6 Å². The maximum absolute atomic E-state index is 14.5. The number of phenolic OH excluding ortho intramolecular Hbond substituents is 1. The third-order valence-electron chi connectivity index (χ3n) is 11.5. The summed E-state index contributed by atoms with van der Waals surface area (Å²) in [5.74, 6) is -2.70. The molecule has 0 radical (unpaired) electrons. The minimum Gasteiger partial charge on any atom is -0.505 e. The first-order chi connectivity index (χ1) is 26.8. The van der Waals surface area contributed by atoms with Gasteiger partial charge in [-0.05, 0) is 85.4 Å². The molecule has 0 bridgehead atoms. The van der Waals surface area contributed by atoms with E-state index in [-0.39, 0.29) is 47.3 Å². The lowest BCUT2D eigenvalue weighted by molar-refractivity contribution is -0.162. The Kier molecular flexibility index (Phi) is 14.4. The van der Waals surface area contributed by atoms with Gasteiger partial charge in [-0.3, -0.25) is 14.5 Å². The van der Waals surface area contributed by atoms with E-state index in [0.717, 1.165) is 11.1 Å². The molecule has 11 atom stereocenters. The number of ether oxygens (including phenoxy) is 4. The number of nitrogens with zero attached hydrogens (tertiary/aromatic N) is 1. The highest BCUT2D eigenvalue weighted by Gasteiger charge is 2.69. The zero-order chi connectivity index (χ0) is 42.0. The maximum Gasteiger partial charge on any atom is 0.332 e. The van der Waals surface area contributed by atoms with E-state index in [1.807, 2.05) is 95.1 Å². The van der Waals surface area contributed by atoms with Crippen LogP contribution in [0.5, 0.6) is 5.75 Å². The van der Waals surface area contributed by atoms with Gasteiger partial charge in [-0.2, -0.15) is 0 Å². The summed E-state index contributed by atoms with van der Waals surface area (Å²) in [6, 6.07) is 8.85. The van der Waals surface area contributed by atoms with Crippen LogP contribution in [0, 0.1) is 11.8 Å². The summed E-state index contributed by atoms with van der Waals surface area (Å²) in [4.78, 5) is 45.0. The molecule has 2 aromatic carbocycles. The van der Waals surface area contributed by atoms with Gasteiger partial charge in [-0.25, -0.2) is 4.79 Å². The number of esters is 1. The molecule has 2 amide bonds. The summed E-state index contributed by atoms with van der Waals surface area (Å²) >= 11 is 9.63. The SMILES string of the molecule is CCC(C)C1C(=O)NC(Cc2cc(Cl)c(O)c(Br)c2)C(=O)NC(C(C)(C)O)C(=O)OC(c2ccccc2)C(C)C=CC=C(C)C(OC)CC2OC2(C)C2OC2N1C. The van der Waals surface area contributed by atoms with Crippen molar-refractivity contribution in [2.24, 2.45) is 11.8 Å². The number of hydrogen-bond donors (Lipinski definition) is 4. The number of nitrogens with one attached hydrogen (secondary N) is 2. The molecule has 0 saturated carbocycles. The van der Waals surface area contributed by atoms with Crippen molar-refractivity contribution in [1.29, 1.82) is 0 Å². The molecule has 0 spiro atoms. The molecule has 0 aliphatic carbocycles. The van der Waals surface area contributed by atoms with Gasteiger partial charge in [0.05, 0.1) is 33.3 Å². The lowest BCUT2D eigenvalue weighted by Gasteiger charge is -2.34. The quantitative estimate of drug-likeness (QED) is 0.187. The first-order valence-corrected chi connectivity index (χ1v) is 20.7. The third-order valence-corrected chi connectivity index (χ3v) is 12.4. The number of aromatic hydroxyl groups is 1. The van der Waals surface area contributed by atoms with Crippen LogP contribution in [0.25, 0.3) is 0 Å². The Labute approximate surface area is 349 Å². The number of likely N-dealkylation sites (N-methyl/N-ethyl adjacent to an activating group) is 1. The van der Waals surface area contributed by atoms with Crippen molar-refractivity contribution in [2.45, 2.75) is 128 Å². The van der Waals surface area contributed by atoms with Gasteiger partial charge >= 0.3 is 5.97 Å². The Balaban J connectivity index is 1.56. The number of aliphatic hydroxyl groups is 1. The van der Waals surface area contributed by atoms with E-state index in [0.29, 0.717) is 22.9 Å². The number of amides is 2. The predicted octanol–water partition coefficient (Wildman–Crippen LogP) is 6.16. The second-order valence-electron chi connectivity index (χ2n) is 16.4. The minimum absolute atomic E-state index is 0.0447. The van der Waals surface area contributed by atoms with Gasteiger partial charge in [0, 0.05) is 25.9 Å². The van der Waals surface area contributed by atoms with Gasteiger partial charge in [0.2, 0.25) is 11.8 Å². The van der Waals surface area contributed by atoms with Crippen LogP contribution in [0.3, 0.4) is 0 Å². The predicted molar refractivity (Wildman–Crippen MR) is 220 cm³/mol. The summed E-state index contributed by atoms with van der Waals surface area (Å²) in [5.41, 5.74) is -0.151. The fraction of sp³-hybridized carbons (Fsp3) is 0.558. The standard InChI is InChI=1S/C43H57BrClN3O9/c1-10-23(2)33-39(51)46-30(21-26-19-28(44)34(49)29(45)20-26)38(50)47-36(42(5,6)53)41(52)55-35(27-17-12-11-13-18-27)25(4)16-14-15-24(3)31(54-9)22-32-43(7,57-32)37-40(56-37)48(33)8/h11-20,23,25,30-33,35-37,40,49,53H,10,21-22H2,1-9H3,(H,46,51)(H,47,50). The molecule has 14 heteroatoms. The molecule has 4 N–H and O–H groups in total. The highest BCUT2D eigenvalue weighted by Crippen LogP contribution is 2.52. The minimum atomic E-state index is -1.79. The third kappa shape index (κ3) is 10.5. The molecule has 11 unspecified atom stereocenters. The number of fused-ring (bicyclic) bond motifs is 3. The van der Waals surface area contributed by atoms with Crippen molar-refractivity contribution in [3.05, 3.63) is 86.9 Å². The number of phenols is 1. The number of cyclic esters (lactones) is 1. The molecule has 57 heavy (non-hydrogen) atoms. The molecule has 0 aromatic heterocycles. The van der Waals surface area contributed by atoms with Crippen molar-refractivity contribution in [2.75, 3.05) is 14.2 Å². The zero-order valence-corrected chi connectivity index (χ0v) is 36.5. The Morgan fingerprint density at radius 2 is 1.82 bits per heavy atom. The van der Waals surface area contributed by atoms with Gasteiger partial charge in [0.25, 0.3) is 0 Å². The fourth-order valence-electron chi connectivity index (χ4n) is 7.64. The van der Waals surface area contributed by atoms with Crippen LogP contribution in [-0.2, 0) is 39.8 Å². The lowest BCUT2D eigenvalue weighted by Crippen LogP contribution is -2.61. The molecule has 3 heterocycles. The number of hydrogen-bond acceptors (Lipinski definition) is 10. The highest BCUT2D eigenvalue weighted by atomic mass is 79.9. The van der Waals surface area contributed by atoms with Gasteiger partial charge < -0.3 is 39.8 Å². The first kappa shape index (κ1) is 44.8. The summed E-state index contributed by atoms with van der Waals surface area (Å²) < 4.78 is 24.9. The Hall–Kier alpha value is -3.30. The monoisotopic (exact) mass is 873 g/mol. The Bertz CT molecular complexity index is 1810. The number of methoxy groups -OCH3 is 1. The van der Waals surface area contributed by atoms with Crippen LogP contribution in [0.2, 0.25) is 5.02 Å². The molecule has 2 saturated heterocycles. The summed E-state index contributed by atoms with van der Waals surface area (Å²) in [7, 11) is 3.50. The largest absolute Gasteiger partial charge is 0.505 e. The summed E-state index contributed by atoms with van der Waals surface area (Å²) in [6.45, 7) is 12.7. The molecule has 12 nitrogen and oxygen atoms in total. The van der Waals surface area contributed by atoms with E-state index >= 15 is 0 Å². The number of rotatable bonds is 7. The normalized spacial score (nSPS) is 32.6. The Morgan fingerprint density at radius 3 is 2.44 bits per heavy atom. The maximum atomic E-state index is 14.5. The van der Waals surface area contributed by atoms with E-state index in [1.165, 1.54) is 19.9 Å². The highest BCUT2D eigenvalue weighted by molar-refractivity contribution is 9.10.